The van der Waals surface area contributed by atoms with Crippen LogP contribution in [0.3, 0.4) is 0 Å². The molecule has 3 atom stereocenters. The molecule has 1 aliphatic heterocycles. The summed E-state index contributed by atoms with van der Waals surface area (Å²) in [5, 5.41) is 1.46. The molecule has 2 aromatic heterocycles. The molecule has 4 nitrogen and oxygen atoms in total. The van der Waals surface area contributed by atoms with Crippen molar-refractivity contribution in [2.45, 2.75) is 31.3 Å². The summed E-state index contributed by atoms with van der Waals surface area (Å²) in [4.78, 5) is 10.3. The van der Waals surface area contributed by atoms with Crippen LogP contribution in [-0.4, -0.2) is 39.1 Å². The minimum Gasteiger partial charge on any atom is -0.349 e. The number of aromatic nitrogens is 3. The zero-order valence-electron chi connectivity index (χ0n) is 13.7. The fourth-order valence-corrected chi connectivity index (χ4v) is 5.50. The van der Waals surface area contributed by atoms with Gasteiger partial charge in [-0.2, -0.15) is 0 Å². The maximum Gasteiger partial charge on any atom is 0.0946 e. The van der Waals surface area contributed by atoms with Crippen molar-refractivity contribution in [3.63, 3.8) is 0 Å². The van der Waals surface area contributed by atoms with Crippen LogP contribution in [0.4, 0.5) is 0 Å². The maximum absolute atomic E-state index is 4.19. The first-order valence-corrected chi connectivity index (χ1v) is 9.45. The van der Waals surface area contributed by atoms with Gasteiger partial charge in [-0.05, 0) is 58.9 Å². The molecule has 0 saturated carbocycles. The van der Waals surface area contributed by atoms with Gasteiger partial charge in [0.15, 0.2) is 0 Å². The third-order valence-electron chi connectivity index (χ3n) is 5.91. The third-order valence-corrected chi connectivity index (χ3v) is 6.59. The number of H-pyrrole nitrogens is 1. The van der Waals surface area contributed by atoms with E-state index in [1.807, 2.05) is 12.5 Å². The summed E-state index contributed by atoms with van der Waals surface area (Å²) in [6.07, 6.45) is 8.29. The lowest BCUT2D eigenvalue weighted by atomic mass is 9.72. The Hall–Kier alpha value is -1.59. The van der Waals surface area contributed by atoms with Gasteiger partial charge in [0, 0.05) is 48.3 Å². The highest BCUT2D eigenvalue weighted by molar-refractivity contribution is 9.10. The van der Waals surface area contributed by atoms with Crippen molar-refractivity contribution in [2.24, 2.45) is 5.92 Å². The maximum atomic E-state index is 4.19. The fraction of sp³-hybridized carbons (Fsp3) is 0.421. The molecular formula is C19H21BrN4. The number of halogens is 1. The van der Waals surface area contributed by atoms with E-state index in [-0.39, 0.29) is 0 Å². The number of hydrogen-bond donors (Lipinski definition) is 1. The molecule has 1 N–H and O–H groups in total. The second kappa shape index (κ2) is 5.46. The molecule has 0 amide bonds. The topological polar surface area (TPSA) is 36.9 Å². The molecule has 5 heteroatoms. The molecule has 2 aliphatic rings. The van der Waals surface area contributed by atoms with Gasteiger partial charge >= 0.3 is 0 Å². The van der Waals surface area contributed by atoms with Crippen molar-refractivity contribution in [3.05, 3.63) is 52.7 Å². The Balaban J connectivity index is 1.54. The summed E-state index contributed by atoms with van der Waals surface area (Å²) < 4.78 is 3.39. The Morgan fingerprint density at radius 2 is 2.29 bits per heavy atom. The second-order valence-corrected chi connectivity index (χ2v) is 8.16. The molecular weight excluding hydrogens is 364 g/mol. The molecule has 1 unspecified atom stereocenters. The highest BCUT2D eigenvalue weighted by Gasteiger charge is 2.40. The summed E-state index contributed by atoms with van der Waals surface area (Å²) in [5.41, 5.74) is 4.26. The van der Waals surface area contributed by atoms with E-state index < -0.39 is 0 Å². The van der Waals surface area contributed by atoms with Gasteiger partial charge in [-0.1, -0.05) is 12.1 Å². The minimum absolute atomic E-state index is 0.606. The lowest BCUT2D eigenvalue weighted by Crippen LogP contribution is -2.48. The molecule has 1 aromatic carbocycles. The van der Waals surface area contributed by atoms with E-state index in [9.17, 15) is 0 Å². The first-order valence-electron chi connectivity index (χ1n) is 8.65. The van der Waals surface area contributed by atoms with Crippen LogP contribution >= 0.6 is 15.9 Å². The van der Waals surface area contributed by atoms with Gasteiger partial charge in [0.25, 0.3) is 0 Å². The van der Waals surface area contributed by atoms with Gasteiger partial charge < -0.3 is 14.5 Å². The molecule has 24 heavy (non-hydrogen) atoms. The van der Waals surface area contributed by atoms with E-state index in [0.717, 1.165) is 24.1 Å². The normalized spacial score (nSPS) is 26.7. The van der Waals surface area contributed by atoms with Crippen LogP contribution in [-0.2, 0) is 13.0 Å². The fourth-order valence-electron chi connectivity index (χ4n) is 4.92. The Morgan fingerprint density at radius 3 is 3.12 bits per heavy atom. The molecule has 5 rings (SSSR count). The Labute approximate surface area is 150 Å². The molecule has 1 saturated heterocycles. The predicted molar refractivity (Wildman–Crippen MR) is 99.2 cm³/mol. The lowest BCUT2D eigenvalue weighted by molar-refractivity contribution is 0.103. The number of nitrogens with one attached hydrogen (secondary N) is 1. The largest absolute Gasteiger partial charge is 0.349 e. The number of rotatable bonds is 2. The Bertz CT molecular complexity index is 882. The van der Waals surface area contributed by atoms with Crippen molar-refractivity contribution < 1.29 is 0 Å². The number of imidazole rings is 1. The molecule has 3 aromatic rings. The third kappa shape index (κ3) is 2.18. The average Bonchev–Trinajstić information content (AvgIpc) is 3.18. The van der Waals surface area contributed by atoms with E-state index in [0.29, 0.717) is 17.9 Å². The number of nitrogens with zero attached hydrogens (tertiary/aromatic N) is 3. The van der Waals surface area contributed by atoms with Crippen LogP contribution in [0.15, 0.2) is 41.5 Å². The highest BCUT2D eigenvalue weighted by atomic mass is 79.9. The van der Waals surface area contributed by atoms with Gasteiger partial charge in [0.05, 0.1) is 10.9 Å². The summed E-state index contributed by atoms with van der Waals surface area (Å²) in [6, 6.07) is 7.35. The van der Waals surface area contributed by atoms with Crippen molar-refractivity contribution >= 4 is 26.8 Å². The number of fused-ring (bicyclic) bond motifs is 2. The van der Waals surface area contributed by atoms with Gasteiger partial charge in [-0.3, -0.25) is 0 Å². The first kappa shape index (κ1) is 14.7. The van der Waals surface area contributed by atoms with Crippen molar-refractivity contribution in [2.75, 3.05) is 13.6 Å². The van der Waals surface area contributed by atoms with Gasteiger partial charge in [0.2, 0.25) is 0 Å². The second-order valence-electron chi connectivity index (χ2n) is 7.37. The number of benzene rings is 1. The molecule has 0 spiro atoms. The molecule has 1 aliphatic carbocycles. The van der Waals surface area contributed by atoms with Crippen LogP contribution in [0, 0.1) is 5.92 Å². The Kier molecular flexibility index (Phi) is 3.35. The van der Waals surface area contributed by atoms with Gasteiger partial charge in [-0.25, -0.2) is 4.98 Å². The SMILES string of the molecule is CN1C[C@@H](Cn2ccnc2)CC2c3cccc4[nH]c(Br)c(c34)C[C@H]21. The molecule has 0 bridgehead atoms. The van der Waals surface area contributed by atoms with E-state index in [1.165, 1.54) is 28.5 Å². The number of aromatic amines is 1. The zero-order valence-corrected chi connectivity index (χ0v) is 15.3. The summed E-state index contributed by atoms with van der Waals surface area (Å²) in [7, 11) is 2.30. The quantitative estimate of drug-likeness (QED) is 0.729. The van der Waals surface area contributed by atoms with E-state index in [1.54, 1.807) is 0 Å². The number of piperidine rings is 1. The summed E-state index contributed by atoms with van der Waals surface area (Å²) in [6.45, 7) is 2.22. The summed E-state index contributed by atoms with van der Waals surface area (Å²) >= 11 is 3.74. The van der Waals surface area contributed by atoms with E-state index in [2.05, 4.69) is 66.8 Å². The minimum atomic E-state index is 0.606. The molecule has 1 fully saturated rings. The first-order chi connectivity index (χ1) is 11.7. The van der Waals surface area contributed by atoms with Crippen LogP contribution in [0.1, 0.15) is 23.5 Å². The summed E-state index contributed by atoms with van der Waals surface area (Å²) in [5.74, 6) is 1.29. The molecule has 124 valence electrons. The van der Waals surface area contributed by atoms with Crippen LogP contribution in [0.25, 0.3) is 10.9 Å². The van der Waals surface area contributed by atoms with Crippen LogP contribution in [0.5, 0.6) is 0 Å². The van der Waals surface area contributed by atoms with Crippen molar-refractivity contribution in [1.29, 1.82) is 0 Å². The predicted octanol–water partition coefficient (Wildman–Crippen LogP) is 3.79. The zero-order chi connectivity index (χ0) is 16.3. The smallest absolute Gasteiger partial charge is 0.0946 e. The lowest BCUT2D eigenvalue weighted by Gasteiger charge is -2.45. The van der Waals surface area contributed by atoms with Gasteiger partial charge in [0.1, 0.15) is 0 Å². The van der Waals surface area contributed by atoms with Gasteiger partial charge in [-0.15, -0.1) is 0 Å². The number of hydrogen-bond acceptors (Lipinski definition) is 2. The van der Waals surface area contributed by atoms with E-state index >= 15 is 0 Å². The molecule has 3 heterocycles. The van der Waals surface area contributed by atoms with E-state index in [4.69, 9.17) is 0 Å². The van der Waals surface area contributed by atoms with Crippen molar-refractivity contribution in [1.82, 2.24) is 19.4 Å². The number of likely N-dealkylation sites (tertiary alicyclic amines) is 1. The number of likely N-dealkylation sites (N-methyl/N-ethyl adjacent to an activating group) is 1. The standard InChI is InChI=1S/C19H21BrN4/c1-23-9-12(10-24-6-5-21-11-24)7-14-13-3-2-4-16-18(13)15(8-17(14)23)19(20)22-16/h2-6,11-12,14,17,22H,7-10H2,1H3/t12-,14?,17+/m0/s1. The monoisotopic (exact) mass is 384 g/mol. The average molecular weight is 385 g/mol. The van der Waals surface area contributed by atoms with Crippen molar-refractivity contribution in [3.8, 4) is 0 Å². The van der Waals surface area contributed by atoms with Crippen LogP contribution < -0.4 is 0 Å². The van der Waals surface area contributed by atoms with Crippen LogP contribution in [0.2, 0.25) is 0 Å². The highest BCUT2D eigenvalue weighted by Crippen LogP contribution is 2.46. The molecule has 0 radical (unpaired) electrons. The Morgan fingerprint density at radius 1 is 1.38 bits per heavy atom.